The molecule has 0 atom stereocenters. The van der Waals surface area contributed by atoms with Crippen LogP contribution in [0.1, 0.15) is 68.9 Å². The second-order valence-electron chi connectivity index (χ2n) is 6.96. The molecule has 0 spiro atoms. The maximum absolute atomic E-state index is 6.20. The second kappa shape index (κ2) is 6.56. The minimum Gasteiger partial charge on any atom is -0.398 e. The van der Waals surface area contributed by atoms with E-state index in [0.717, 1.165) is 11.6 Å². The summed E-state index contributed by atoms with van der Waals surface area (Å²) >= 11 is 0. The summed E-state index contributed by atoms with van der Waals surface area (Å²) < 4.78 is 0. The lowest BCUT2D eigenvalue weighted by Gasteiger charge is -2.22. The summed E-state index contributed by atoms with van der Waals surface area (Å²) in [7, 11) is 0. The molecule has 1 heteroatoms. The zero-order valence-electron chi connectivity index (χ0n) is 13.8. The van der Waals surface area contributed by atoms with Crippen LogP contribution in [0.3, 0.4) is 0 Å². The molecule has 1 aliphatic carbocycles. The van der Waals surface area contributed by atoms with Crippen LogP contribution in [0.15, 0.2) is 42.5 Å². The van der Waals surface area contributed by atoms with Crippen LogP contribution >= 0.6 is 0 Å². The highest BCUT2D eigenvalue weighted by atomic mass is 14.6. The predicted molar refractivity (Wildman–Crippen MR) is 96.2 cm³/mol. The molecule has 3 rings (SSSR count). The van der Waals surface area contributed by atoms with Crippen molar-refractivity contribution in [3.8, 4) is 11.1 Å². The molecule has 2 aromatic rings. The fourth-order valence-electron chi connectivity index (χ4n) is 3.55. The van der Waals surface area contributed by atoms with E-state index < -0.39 is 0 Å². The third-order valence-electron chi connectivity index (χ3n) is 5.04. The normalized spacial score (nSPS) is 16.1. The van der Waals surface area contributed by atoms with Gasteiger partial charge in [0, 0.05) is 11.3 Å². The number of hydrogen-bond acceptors (Lipinski definition) is 1. The van der Waals surface area contributed by atoms with Crippen LogP contribution in [0.2, 0.25) is 0 Å². The summed E-state index contributed by atoms with van der Waals surface area (Å²) in [5.41, 5.74) is 12.3. The number of benzene rings is 2. The second-order valence-corrected chi connectivity index (χ2v) is 6.96. The van der Waals surface area contributed by atoms with E-state index in [-0.39, 0.29) is 0 Å². The van der Waals surface area contributed by atoms with Crippen molar-refractivity contribution < 1.29 is 0 Å². The monoisotopic (exact) mass is 293 g/mol. The lowest BCUT2D eigenvalue weighted by Crippen LogP contribution is -2.04. The summed E-state index contributed by atoms with van der Waals surface area (Å²) in [6.45, 7) is 4.45. The highest BCUT2D eigenvalue weighted by Gasteiger charge is 2.15. The van der Waals surface area contributed by atoms with Gasteiger partial charge in [-0.1, -0.05) is 63.4 Å². The summed E-state index contributed by atoms with van der Waals surface area (Å²) in [6.07, 6.45) is 6.88. The first kappa shape index (κ1) is 15.1. The Hall–Kier alpha value is -1.76. The molecule has 0 bridgehead atoms. The summed E-state index contributed by atoms with van der Waals surface area (Å²) in [4.78, 5) is 0. The Morgan fingerprint density at radius 3 is 2.23 bits per heavy atom. The van der Waals surface area contributed by atoms with Gasteiger partial charge < -0.3 is 5.73 Å². The fourth-order valence-corrected chi connectivity index (χ4v) is 3.55. The van der Waals surface area contributed by atoms with E-state index in [2.05, 4.69) is 50.2 Å². The molecule has 1 nitrogen and oxygen atoms in total. The van der Waals surface area contributed by atoms with Gasteiger partial charge in [-0.3, -0.25) is 0 Å². The molecule has 0 amide bonds. The molecule has 0 aliphatic heterocycles. The average molecular weight is 293 g/mol. The van der Waals surface area contributed by atoms with Crippen LogP contribution in [-0.2, 0) is 0 Å². The van der Waals surface area contributed by atoms with Crippen LogP contribution in [0.25, 0.3) is 11.1 Å². The van der Waals surface area contributed by atoms with Gasteiger partial charge in [-0.2, -0.15) is 0 Å². The number of nitrogen functional groups attached to an aromatic ring is 1. The van der Waals surface area contributed by atoms with Crippen LogP contribution in [0.5, 0.6) is 0 Å². The summed E-state index contributed by atoms with van der Waals surface area (Å²) in [6, 6.07) is 15.5. The number of hydrogen-bond donors (Lipinski definition) is 1. The van der Waals surface area contributed by atoms with Gasteiger partial charge in [0.15, 0.2) is 0 Å². The highest BCUT2D eigenvalue weighted by molar-refractivity contribution is 5.77. The van der Waals surface area contributed by atoms with Gasteiger partial charge in [-0.05, 0) is 53.5 Å². The maximum atomic E-state index is 6.20. The van der Waals surface area contributed by atoms with Gasteiger partial charge in [0.25, 0.3) is 0 Å². The van der Waals surface area contributed by atoms with E-state index in [0.29, 0.717) is 5.92 Å². The quantitative estimate of drug-likeness (QED) is 0.679. The lowest BCUT2D eigenvalue weighted by atomic mass is 9.83. The smallest absolute Gasteiger partial charge is 0.0393 e. The van der Waals surface area contributed by atoms with Crippen molar-refractivity contribution in [3.63, 3.8) is 0 Å². The molecular weight excluding hydrogens is 266 g/mol. The minimum absolute atomic E-state index is 0.529. The van der Waals surface area contributed by atoms with Crippen LogP contribution in [-0.4, -0.2) is 0 Å². The number of rotatable bonds is 3. The van der Waals surface area contributed by atoms with Gasteiger partial charge in [0.1, 0.15) is 0 Å². The van der Waals surface area contributed by atoms with Crippen LogP contribution in [0, 0.1) is 0 Å². The van der Waals surface area contributed by atoms with Crippen molar-refractivity contribution in [3.05, 3.63) is 53.6 Å². The van der Waals surface area contributed by atoms with E-state index in [1.54, 1.807) is 0 Å². The third-order valence-corrected chi connectivity index (χ3v) is 5.04. The van der Waals surface area contributed by atoms with Gasteiger partial charge in [0.2, 0.25) is 0 Å². The Bertz CT molecular complexity index is 619. The van der Waals surface area contributed by atoms with E-state index in [1.807, 2.05) is 6.07 Å². The van der Waals surface area contributed by atoms with Crippen LogP contribution < -0.4 is 5.73 Å². The lowest BCUT2D eigenvalue weighted by molar-refractivity contribution is 0.443. The van der Waals surface area contributed by atoms with E-state index in [4.69, 9.17) is 5.73 Å². The summed E-state index contributed by atoms with van der Waals surface area (Å²) in [5.74, 6) is 1.29. The minimum atomic E-state index is 0.529. The Kier molecular flexibility index (Phi) is 4.52. The zero-order chi connectivity index (χ0) is 15.5. The third kappa shape index (κ3) is 3.19. The molecule has 2 aromatic carbocycles. The van der Waals surface area contributed by atoms with Gasteiger partial charge >= 0.3 is 0 Å². The average Bonchev–Trinajstić information content (AvgIpc) is 2.56. The van der Waals surface area contributed by atoms with E-state index in [1.165, 1.54) is 54.4 Å². The van der Waals surface area contributed by atoms with Crippen molar-refractivity contribution in [2.75, 3.05) is 5.73 Å². The first-order valence-corrected chi connectivity index (χ1v) is 8.65. The first-order chi connectivity index (χ1) is 10.6. The van der Waals surface area contributed by atoms with Crippen molar-refractivity contribution in [1.82, 2.24) is 0 Å². The molecular formula is C21H27N. The topological polar surface area (TPSA) is 26.0 Å². The fraction of sp³-hybridized carbons (Fsp3) is 0.429. The molecule has 2 N–H and O–H groups in total. The van der Waals surface area contributed by atoms with Gasteiger partial charge in [-0.15, -0.1) is 0 Å². The zero-order valence-corrected chi connectivity index (χ0v) is 13.8. The van der Waals surface area contributed by atoms with E-state index in [9.17, 15) is 0 Å². The Labute approximate surface area is 134 Å². The highest BCUT2D eigenvalue weighted by Crippen LogP contribution is 2.35. The molecule has 116 valence electrons. The Morgan fingerprint density at radius 1 is 0.909 bits per heavy atom. The Balaban J connectivity index is 1.87. The molecule has 0 unspecified atom stereocenters. The maximum Gasteiger partial charge on any atom is 0.0393 e. The molecule has 0 heterocycles. The SMILES string of the molecule is CC(C)c1ccc(N)c(-c2ccc(C3CCCCC3)cc2)c1. The summed E-state index contributed by atoms with van der Waals surface area (Å²) in [5, 5.41) is 0. The van der Waals surface area contributed by atoms with Crippen molar-refractivity contribution in [2.45, 2.75) is 57.8 Å². The molecule has 0 aromatic heterocycles. The van der Waals surface area contributed by atoms with Gasteiger partial charge in [-0.25, -0.2) is 0 Å². The van der Waals surface area contributed by atoms with Crippen molar-refractivity contribution in [2.24, 2.45) is 0 Å². The van der Waals surface area contributed by atoms with Crippen LogP contribution in [0.4, 0.5) is 5.69 Å². The molecule has 1 saturated carbocycles. The van der Waals surface area contributed by atoms with Gasteiger partial charge in [0.05, 0.1) is 0 Å². The largest absolute Gasteiger partial charge is 0.398 e. The predicted octanol–water partition coefficient (Wildman–Crippen LogP) is 6.11. The molecule has 1 aliphatic rings. The molecule has 0 radical (unpaired) electrons. The van der Waals surface area contributed by atoms with Crippen molar-refractivity contribution >= 4 is 5.69 Å². The first-order valence-electron chi connectivity index (χ1n) is 8.65. The standard InChI is InChI=1S/C21H27N/c1-15(2)19-12-13-21(22)20(14-19)18-10-8-17(9-11-18)16-6-4-3-5-7-16/h8-16H,3-7,22H2,1-2H3. The number of anilines is 1. The number of nitrogens with two attached hydrogens (primary N) is 1. The Morgan fingerprint density at radius 2 is 1.59 bits per heavy atom. The molecule has 0 saturated heterocycles. The van der Waals surface area contributed by atoms with Crippen molar-refractivity contribution in [1.29, 1.82) is 0 Å². The van der Waals surface area contributed by atoms with E-state index >= 15 is 0 Å². The molecule has 22 heavy (non-hydrogen) atoms. The molecule has 1 fully saturated rings.